The Bertz CT molecular complexity index is 1130. The lowest BCUT2D eigenvalue weighted by Gasteiger charge is -2.14. The summed E-state index contributed by atoms with van der Waals surface area (Å²) in [7, 11) is 0. The molecular formula is C38H62N2O3S. The molecule has 3 rings (SSSR count). The van der Waals surface area contributed by atoms with Gasteiger partial charge in [-0.1, -0.05) is 92.2 Å². The molecule has 0 saturated heterocycles. The largest absolute Gasteiger partial charge is 0.378 e. The van der Waals surface area contributed by atoms with Gasteiger partial charge in [0.1, 0.15) is 11.3 Å². The van der Waals surface area contributed by atoms with Gasteiger partial charge in [-0.2, -0.15) is 0 Å². The predicted octanol–water partition coefficient (Wildman–Crippen LogP) is 11.6. The summed E-state index contributed by atoms with van der Waals surface area (Å²) >= 11 is 1.59. The van der Waals surface area contributed by atoms with Gasteiger partial charge in [0.25, 0.3) is 0 Å². The molecule has 0 aromatic carbocycles. The maximum Gasteiger partial charge on any atom is 0.159 e. The first-order chi connectivity index (χ1) is 21.2. The molecule has 2 heterocycles. The Morgan fingerprint density at radius 3 is 2.27 bits per heavy atom. The number of Topliss-reactive ketones (excluding diaryl/α,β-unsaturated/α-hetero) is 1. The van der Waals surface area contributed by atoms with Gasteiger partial charge in [-0.15, -0.1) is 11.3 Å². The monoisotopic (exact) mass is 626 g/mol. The fourth-order valence-corrected chi connectivity index (χ4v) is 4.76. The molecule has 1 unspecified atom stereocenters. The second-order valence-corrected chi connectivity index (χ2v) is 11.1. The van der Waals surface area contributed by atoms with Gasteiger partial charge in [0.2, 0.25) is 0 Å². The normalized spacial score (nSPS) is 13.2. The third-order valence-corrected chi connectivity index (χ3v) is 7.20. The number of unbranched alkanes of at least 4 members (excludes halogenated alkanes) is 1. The van der Waals surface area contributed by atoms with E-state index in [1.165, 1.54) is 45.4 Å². The van der Waals surface area contributed by atoms with Gasteiger partial charge in [0.15, 0.2) is 5.78 Å². The lowest BCUT2D eigenvalue weighted by Crippen LogP contribution is -2.14. The average molecular weight is 627 g/mol. The van der Waals surface area contributed by atoms with Gasteiger partial charge < -0.3 is 14.5 Å². The highest BCUT2D eigenvalue weighted by Crippen LogP contribution is 2.35. The molecule has 1 fully saturated rings. The molecule has 0 radical (unpaired) electrons. The summed E-state index contributed by atoms with van der Waals surface area (Å²) in [4.78, 5) is 28.6. The van der Waals surface area contributed by atoms with E-state index in [4.69, 9.17) is 14.5 Å². The number of allylic oxidation sites excluding steroid dienone is 6. The van der Waals surface area contributed by atoms with Crippen LogP contribution in [0, 0.1) is 12.8 Å². The minimum Gasteiger partial charge on any atom is -0.378 e. The Kier molecular flexibility index (Phi) is 27.3. The summed E-state index contributed by atoms with van der Waals surface area (Å²) in [6.45, 7) is 26.5. The van der Waals surface area contributed by atoms with E-state index >= 15 is 0 Å². The van der Waals surface area contributed by atoms with Gasteiger partial charge in [-0.25, -0.2) is 4.98 Å². The molecule has 1 saturated carbocycles. The van der Waals surface area contributed by atoms with Crippen molar-refractivity contribution in [2.24, 2.45) is 5.92 Å². The van der Waals surface area contributed by atoms with E-state index in [-0.39, 0.29) is 5.78 Å². The number of ketones is 1. The zero-order valence-electron chi connectivity index (χ0n) is 29.7. The summed E-state index contributed by atoms with van der Waals surface area (Å²) in [5, 5.41) is 2.98. The Balaban J connectivity index is 0. The number of carbonyl (C=O) groups is 2. The summed E-state index contributed by atoms with van der Waals surface area (Å²) in [6.07, 6.45) is 21.5. The van der Waals surface area contributed by atoms with Crippen molar-refractivity contribution in [2.45, 2.75) is 127 Å². The number of hydrogen-bond acceptors (Lipinski definition) is 5. The lowest BCUT2D eigenvalue weighted by atomic mass is 10.1. The SMILES string of the molecule is C=C/C=C\c1c(-c2csc(/C(C)=C/C(=C\CC)C(C)=O)n2)c[nH]c1C.CC.CC=O.CCC.CCCCOC(CC)C1CC1. The molecule has 0 spiro atoms. The number of ether oxygens (including phenoxy) is 1. The molecule has 0 aliphatic heterocycles. The lowest BCUT2D eigenvalue weighted by molar-refractivity contribution is -0.113. The number of aromatic amines is 1. The molecule has 1 aliphatic carbocycles. The first-order valence-electron chi connectivity index (χ1n) is 16.5. The van der Waals surface area contributed by atoms with Crippen LogP contribution in [-0.2, 0) is 14.3 Å². The number of nitrogens with zero attached hydrogens (tertiary/aromatic N) is 1. The molecule has 1 atom stereocenters. The van der Waals surface area contributed by atoms with E-state index in [2.05, 4.69) is 44.6 Å². The molecule has 2 aromatic heterocycles. The molecule has 44 heavy (non-hydrogen) atoms. The highest BCUT2D eigenvalue weighted by Gasteiger charge is 2.30. The third-order valence-electron chi connectivity index (χ3n) is 6.23. The number of thiazole rings is 1. The second kappa shape index (κ2) is 27.7. The standard InChI is InChI=1S/C21H24N2OS.C10H20O.C3H8.C2H4O.C2H6/c1-6-8-10-18-15(4)22-12-19(18)20-13-25-21(23-20)14(3)11-17(9-7-2)16(5)24;1-3-5-8-11-10(4-2)9-6-7-9;1-3-2;1-2-3;1-2/h6,8-13,22H,1,7H2,2-5H3;9-10H,3-8H2,1-2H3;3H2,1-2H3;2H,1H3;1-2H3/b10-8-,14-11+,17-9+;;;;. The summed E-state index contributed by atoms with van der Waals surface area (Å²) in [5.74, 6) is 0.993. The second-order valence-electron chi connectivity index (χ2n) is 10.3. The number of aryl methyl sites for hydroxylation is 1. The van der Waals surface area contributed by atoms with E-state index in [9.17, 15) is 4.79 Å². The molecule has 5 nitrogen and oxygen atoms in total. The van der Waals surface area contributed by atoms with Crippen LogP contribution in [0.1, 0.15) is 130 Å². The van der Waals surface area contributed by atoms with Crippen molar-refractivity contribution in [1.29, 1.82) is 0 Å². The Morgan fingerprint density at radius 1 is 1.18 bits per heavy atom. The maximum atomic E-state index is 11.7. The Morgan fingerprint density at radius 2 is 1.80 bits per heavy atom. The van der Waals surface area contributed by atoms with Crippen LogP contribution < -0.4 is 0 Å². The zero-order chi connectivity index (χ0) is 33.9. The first kappa shape index (κ1) is 43.3. The van der Waals surface area contributed by atoms with Crippen molar-refractivity contribution in [3.63, 3.8) is 0 Å². The molecular weight excluding hydrogens is 564 g/mol. The van der Waals surface area contributed by atoms with Crippen molar-refractivity contribution in [3.05, 3.63) is 64.3 Å². The topological polar surface area (TPSA) is 72.0 Å². The number of aldehydes is 1. The number of hydrogen-bond donors (Lipinski definition) is 1. The van der Waals surface area contributed by atoms with Crippen molar-refractivity contribution < 1.29 is 14.3 Å². The summed E-state index contributed by atoms with van der Waals surface area (Å²) in [5.41, 5.74) is 5.96. The maximum absolute atomic E-state index is 11.7. The van der Waals surface area contributed by atoms with Crippen molar-refractivity contribution >= 4 is 35.1 Å². The zero-order valence-corrected chi connectivity index (χ0v) is 30.5. The number of H-pyrrole nitrogens is 1. The minimum absolute atomic E-state index is 0.0797. The van der Waals surface area contributed by atoms with Crippen molar-refractivity contribution in [3.8, 4) is 11.3 Å². The third kappa shape index (κ3) is 18.1. The van der Waals surface area contributed by atoms with E-state index in [1.807, 2.05) is 65.1 Å². The summed E-state index contributed by atoms with van der Waals surface area (Å²) < 4.78 is 5.76. The van der Waals surface area contributed by atoms with Crippen LogP contribution >= 0.6 is 11.3 Å². The summed E-state index contributed by atoms with van der Waals surface area (Å²) in [6, 6.07) is 0. The number of nitrogens with one attached hydrogen (secondary N) is 1. The van der Waals surface area contributed by atoms with E-state index in [0.29, 0.717) is 6.10 Å². The highest BCUT2D eigenvalue weighted by atomic mass is 32.1. The van der Waals surface area contributed by atoms with Crippen LogP contribution in [0.2, 0.25) is 0 Å². The van der Waals surface area contributed by atoms with Crippen molar-refractivity contribution in [1.82, 2.24) is 9.97 Å². The quantitative estimate of drug-likeness (QED) is 0.104. The smallest absolute Gasteiger partial charge is 0.159 e. The van der Waals surface area contributed by atoms with Crippen molar-refractivity contribution in [2.75, 3.05) is 6.61 Å². The highest BCUT2D eigenvalue weighted by molar-refractivity contribution is 7.11. The van der Waals surface area contributed by atoms with E-state index in [0.717, 1.165) is 63.9 Å². The Hall–Kier alpha value is -2.83. The number of rotatable bonds is 13. The van der Waals surface area contributed by atoms with Crippen LogP contribution in [0.15, 0.2) is 48.0 Å². The molecule has 248 valence electrons. The van der Waals surface area contributed by atoms with E-state index in [1.54, 1.807) is 24.3 Å². The van der Waals surface area contributed by atoms with Crippen LogP contribution in [0.5, 0.6) is 0 Å². The molecule has 2 aromatic rings. The van der Waals surface area contributed by atoms with Crippen LogP contribution in [0.4, 0.5) is 0 Å². The van der Waals surface area contributed by atoms with Gasteiger partial charge in [-0.3, -0.25) is 4.79 Å². The number of aromatic nitrogens is 2. The number of carbonyl (C=O) groups excluding carboxylic acids is 2. The molecule has 6 heteroatoms. The molecule has 1 N–H and O–H groups in total. The van der Waals surface area contributed by atoms with Crippen LogP contribution in [0.25, 0.3) is 22.9 Å². The molecule has 0 amide bonds. The van der Waals surface area contributed by atoms with Gasteiger partial charge in [0.05, 0.1) is 11.8 Å². The average Bonchev–Trinajstić information content (AvgIpc) is 3.61. The molecule has 1 aliphatic rings. The van der Waals surface area contributed by atoms with Crippen LogP contribution in [-0.4, -0.2) is 34.7 Å². The van der Waals surface area contributed by atoms with Gasteiger partial charge in [0, 0.05) is 40.6 Å². The Labute approximate surface area is 274 Å². The van der Waals surface area contributed by atoms with E-state index < -0.39 is 0 Å². The fraction of sp³-hybridized carbons (Fsp3) is 0.553. The molecule has 0 bridgehead atoms. The predicted molar refractivity (Wildman–Crippen MR) is 195 cm³/mol. The van der Waals surface area contributed by atoms with Gasteiger partial charge >= 0.3 is 0 Å². The fourth-order valence-electron chi connectivity index (χ4n) is 3.96. The minimum atomic E-state index is 0.0797. The first-order valence-corrected chi connectivity index (χ1v) is 17.4. The van der Waals surface area contributed by atoms with Gasteiger partial charge in [-0.05, 0) is 77.4 Å². The van der Waals surface area contributed by atoms with Crippen LogP contribution in [0.3, 0.4) is 0 Å².